The summed E-state index contributed by atoms with van der Waals surface area (Å²) >= 11 is 5.47. The first-order chi connectivity index (χ1) is 9.51. The lowest BCUT2D eigenvalue weighted by atomic mass is 10.2. The van der Waals surface area contributed by atoms with Crippen molar-refractivity contribution in [2.45, 2.75) is 31.0 Å². The van der Waals surface area contributed by atoms with Crippen molar-refractivity contribution in [2.75, 3.05) is 13.2 Å². The SMILES string of the molecule is CC(C)N(CCO)S(=O)(=O)c1ccc(Cl)c(C(F)(F)F)c1. The molecule has 0 saturated heterocycles. The van der Waals surface area contributed by atoms with E-state index in [0.29, 0.717) is 6.07 Å². The van der Waals surface area contributed by atoms with Gasteiger partial charge in [-0.2, -0.15) is 17.5 Å². The topological polar surface area (TPSA) is 57.6 Å². The lowest BCUT2D eigenvalue weighted by Gasteiger charge is -2.25. The van der Waals surface area contributed by atoms with Crippen LogP contribution in [0.15, 0.2) is 23.1 Å². The van der Waals surface area contributed by atoms with E-state index in [1.165, 1.54) is 0 Å². The summed E-state index contributed by atoms with van der Waals surface area (Å²) in [5.41, 5.74) is -1.21. The Hall–Kier alpha value is -0.830. The Morgan fingerprint density at radius 2 is 1.90 bits per heavy atom. The molecule has 120 valence electrons. The van der Waals surface area contributed by atoms with Crippen molar-refractivity contribution in [3.8, 4) is 0 Å². The van der Waals surface area contributed by atoms with Gasteiger partial charge in [0.15, 0.2) is 0 Å². The molecule has 0 spiro atoms. The fourth-order valence-corrected chi connectivity index (χ4v) is 3.65. The minimum atomic E-state index is -4.75. The maximum Gasteiger partial charge on any atom is 0.417 e. The van der Waals surface area contributed by atoms with Crippen LogP contribution in [0.2, 0.25) is 5.02 Å². The zero-order valence-corrected chi connectivity index (χ0v) is 12.9. The molecule has 1 aromatic rings. The quantitative estimate of drug-likeness (QED) is 0.892. The zero-order valence-electron chi connectivity index (χ0n) is 11.4. The average Bonchev–Trinajstić information content (AvgIpc) is 2.34. The summed E-state index contributed by atoms with van der Waals surface area (Å²) in [5, 5.41) is 8.35. The first kappa shape index (κ1) is 18.2. The van der Waals surface area contributed by atoms with Crippen molar-refractivity contribution in [1.29, 1.82) is 0 Å². The van der Waals surface area contributed by atoms with Crippen LogP contribution in [0.3, 0.4) is 0 Å². The van der Waals surface area contributed by atoms with Gasteiger partial charge in [0.25, 0.3) is 0 Å². The molecule has 0 bridgehead atoms. The van der Waals surface area contributed by atoms with Gasteiger partial charge >= 0.3 is 6.18 Å². The number of aliphatic hydroxyl groups is 1. The van der Waals surface area contributed by atoms with Crippen molar-refractivity contribution in [2.24, 2.45) is 0 Å². The Morgan fingerprint density at radius 1 is 1.33 bits per heavy atom. The second-order valence-electron chi connectivity index (χ2n) is 4.57. The predicted octanol–water partition coefficient (Wildman–Crippen LogP) is 2.75. The van der Waals surface area contributed by atoms with E-state index < -0.39 is 44.3 Å². The van der Waals surface area contributed by atoms with E-state index in [1.54, 1.807) is 13.8 Å². The van der Waals surface area contributed by atoms with Gasteiger partial charge < -0.3 is 5.11 Å². The van der Waals surface area contributed by atoms with Crippen molar-refractivity contribution in [3.63, 3.8) is 0 Å². The molecule has 0 radical (unpaired) electrons. The van der Waals surface area contributed by atoms with E-state index in [2.05, 4.69) is 0 Å². The van der Waals surface area contributed by atoms with Crippen LogP contribution < -0.4 is 0 Å². The second-order valence-corrected chi connectivity index (χ2v) is 6.87. The molecule has 1 rings (SSSR count). The number of nitrogens with zero attached hydrogens (tertiary/aromatic N) is 1. The molecule has 0 amide bonds. The minimum absolute atomic E-state index is 0.204. The molecular formula is C12H15ClF3NO3S. The van der Waals surface area contributed by atoms with E-state index in [1.807, 2.05) is 0 Å². The lowest BCUT2D eigenvalue weighted by Crippen LogP contribution is -2.39. The predicted molar refractivity (Wildman–Crippen MR) is 72.6 cm³/mol. The van der Waals surface area contributed by atoms with E-state index in [0.717, 1.165) is 16.4 Å². The summed E-state index contributed by atoms with van der Waals surface area (Å²) in [7, 11) is -4.15. The molecule has 0 heterocycles. The molecular weight excluding hydrogens is 331 g/mol. The van der Waals surface area contributed by atoms with Gasteiger partial charge in [0, 0.05) is 12.6 Å². The van der Waals surface area contributed by atoms with E-state index in [-0.39, 0.29) is 6.54 Å². The minimum Gasteiger partial charge on any atom is -0.395 e. The van der Waals surface area contributed by atoms with Crippen LogP contribution in [0.25, 0.3) is 0 Å². The van der Waals surface area contributed by atoms with E-state index in [4.69, 9.17) is 16.7 Å². The van der Waals surface area contributed by atoms with Gasteiger partial charge in [-0.05, 0) is 32.0 Å². The maximum atomic E-state index is 12.8. The molecule has 21 heavy (non-hydrogen) atoms. The molecule has 0 fully saturated rings. The van der Waals surface area contributed by atoms with Crippen LogP contribution in [0.5, 0.6) is 0 Å². The molecule has 0 aromatic heterocycles. The maximum absolute atomic E-state index is 12.8. The normalized spacial score (nSPS) is 13.2. The van der Waals surface area contributed by atoms with Crippen molar-refractivity contribution in [1.82, 2.24) is 4.31 Å². The van der Waals surface area contributed by atoms with Crippen molar-refractivity contribution < 1.29 is 26.7 Å². The highest BCUT2D eigenvalue weighted by Crippen LogP contribution is 2.36. The Balaban J connectivity index is 3.38. The number of halogens is 4. The Labute approximate surface area is 126 Å². The van der Waals surface area contributed by atoms with Crippen LogP contribution in [-0.2, 0) is 16.2 Å². The average molecular weight is 346 g/mol. The third-order valence-corrected chi connectivity index (χ3v) is 5.15. The third kappa shape index (κ3) is 4.09. The molecule has 0 aliphatic rings. The zero-order chi connectivity index (χ0) is 16.4. The fourth-order valence-electron chi connectivity index (χ4n) is 1.77. The number of benzene rings is 1. The highest BCUT2D eigenvalue weighted by atomic mass is 35.5. The molecule has 0 aliphatic heterocycles. The third-order valence-electron chi connectivity index (χ3n) is 2.75. The number of alkyl halides is 3. The summed E-state index contributed by atoms with van der Waals surface area (Å²) in [4.78, 5) is -0.513. The molecule has 1 N–H and O–H groups in total. The standard InChI is InChI=1S/C12H15ClF3NO3S/c1-8(2)17(5-6-18)21(19,20)9-3-4-11(13)10(7-9)12(14,15)16/h3-4,7-8,18H,5-6H2,1-2H3. The van der Waals surface area contributed by atoms with Crippen molar-refractivity contribution in [3.05, 3.63) is 28.8 Å². The summed E-state index contributed by atoms with van der Waals surface area (Å²) < 4.78 is 64.0. The Bertz CT molecular complexity index is 602. The summed E-state index contributed by atoms with van der Waals surface area (Å²) in [6.45, 7) is 2.49. The second kappa shape index (κ2) is 6.51. The molecule has 0 aliphatic carbocycles. The van der Waals surface area contributed by atoms with Crippen LogP contribution >= 0.6 is 11.6 Å². The number of sulfonamides is 1. The first-order valence-electron chi connectivity index (χ1n) is 6.01. The summed E-state index contributed by atoms with van der Waals surface area (Å²) in [5.74, 6) is 0. The summed E-state index contributed by atoms with van der Waals surface area (Å²) in [6.07, 6.45) is -4.75. The van der Waals surface area contributed by atoms with E-state index in [9.17, 15) is 21.6 Å². The molecule has 0 saturated carbocycles. The highest BCUT2D eigenvalue weighted by Gasteiger charge is 2.35. The van der Waals surface area contributed by atoms with Gasteiger partial charge in [0.2, 0.25) is 10.0 Å². The van der Waals surface area contributed by atoms with E-state index >= 15 is 0 Å². The fraction of sp³-hybridized carbons (Fsp3) is 0.500. The van der Waals surface area contributed by atoms with Gasteiger partial charge in [-0.25, -0.2) is 8.42 Å². The van der Waals surface area contributed by atoms with Gasteiger partial charge in [0.1, 0.15) is 0 Å². The summed E-state index contributed by atoms with van der Waals surface area (Å²) in [6, 6.07) is 1.91. The number of hydrogen-bond acceptors (Lipinski definition) is 3. The van der Waals surface area contributed by atoms with Crippen molar-refractivity contribution >= 4 is 21.6 Å². The van der Waals surface area contributed by atoms with Crippen LogP contribution in [0, 0.1) is 0 Å². The molecule has 0 unspecified atom stereocenters. The number of aliphatic hydroxyl groups excluding tert-OH is 1. The molecule has 9 heteroatoms. The largest absolute Gasteiger partial charge is 0.417 e. The van der Waals surface area contributed by atoms with Gasteiger partial charge in [-0.15, -0.1) is 0 Å². The molecule has 1 aromatic carbocycles. The Kier molecular flexibility index (Phi) is 5.65. The highest BCUT2D eigenvalue weighted by molar-refractivity contribution is 7.89. The van der Waals surface area contributed by atoms with Crippen LogP contribution in [0.4, 0.5) is 13.2 Å². The van der Waals surface area contributed by atoms with Gasteiger partial charge in [0.05, 0.1) is 22.1 Å². The van der Waals surface area contributed by atoms with Gasteiger partial charge in [-0.3, -0.25) is 0 Å². The monoisotopic (exact) mass is 345 g/mol. The Morgan fingerprint density at radius 3 is 2.33 bits per heavy atom. The molecule has 4 nitrogen and oxygen atoms in total. The number of rotatable bonds is 5. The smallest absolute Gasteiger partial charge is 0.395 e. The van der Waals surface area contributed by atoms with Gasteiger partial charge in [-0.1, -0.05) is 11.6 Å². The number of hydrogen-bond donors (Lipinski definition) is 1. The van der Waals surface area contributed by atoms with Crippen LogP contribution in [-0.4, -0.2) is 37.0 Å². The first-order valence-corrected chi connectivity index (χ1v) is 7.83. The molecule has 0 atom stereocenters. The van der Waals surface area contributed by atoms with Crippen LogP contribution in [0.1, 0.15) is 19.4 Å². The lowest BCUT2D eigenvalue weighted by molar-refractivity contribution is -0.137.